The molecule has 46 nitrogen and oxygen atoms in total. The average molecular weight is 1980 g/mol. The fraction of sp³-hybridized carbons (Fsp3) is 0.378. The second kappa shape index (κ2) is 53.5. The highest BCUT2D eigenvalue weighted by molar-refractivity contribution is 6.10. The van der Waals surface area contributed by atoms with Gasteiger partial charge in [0.25, 0.3) is 5.91 Å². The first-order valence-corrected chi connectivity index (χ1v) is 47.0. The number of aromatic amines is 3. The van der Waals surface area contributed by atoms with Crippen LogP contribution in [-0.2, 0) is 99.2 Å². The number of hydrogen-bond acceptors (Lipinski definition) is 25. The van der Waals surface area contributed by atoms with Gasteiger partial charge in [-0.1, -0.05) is 146 Å². The van der Waals surface area contributed by atoms with E-state index in [1.807, 2.05) is 0 Å². The molecule has 9 aromatic rings. The van der Waals surface area contributed by atoms with Gasteiger partial charge in [0.15, 0.2) is 23.5 Å². The van der Waals surface area contributed by atoms with Crippen LogP contribution in [0.2, 0.25) is 0 Å². The van der Waals surface area contributed by atoms with Crippen LogP contribution < -0.4 is 76.2 Å². The summed E-state index contributed by atoms with van der Waals surface area (Å²) in [5.74, 6) is -9.61. The minimum Gasteiger partial charge on any atom is -0.480 e. The zero-order valence-corrected chi connectivity index (χ0v) is 79.1. The number of nitrogens with zero attached hydrogens (tertiary/aromatic N) is 7. The number of likely N-dealkylation sites (tertiary alicyclic amines) is 1. The van der Waals surface area contributed by atoms with Crippen LogP contribution in [0.3, 0.4) is 0 Å². The minimum atomic E-state index is -1.97. The maximum Gasteiger partial charge on any atom is 0.317 e. The molecule has 0 spiro atoms. The van der Waals surface area contributed by atoms with Gasteiger partial charge in [0.2, 0.25) is 59.1 Å². The lowest BCUT2D eigenvalue weighted by Crippen LogP contribution is -2.62. The highest BCUT2D eigenvalue weighted by atomic mass is 16.4. The molecule has 0 bridgehead atoms. The molecule has 27 N–H and O–H groups in total. The van der Waals surface area contributed by atoms with Crippen LogP contribution in [-0.4, -0.2) is 342 Å². The van der Waals surface area contributed by atoms with Crippen molar-refractivity contribution in [2.75, 3.05) is 111 Å². The number of carbonyl (C=O) groups excluding carboxylic acids is 13. The van der Waals surface area contributed by atoms with E-state index in [1.165, 1.54) is 29.6 Å². The molecule has 2 aliphatic rings. The first kappa shape index (κ1) is 108. The van der Waals surface area contributed by atoms with Crippen molar-refractivity contribution in [3.63, 3.8) is 0 Å². The summed E-state index contributed by atoms with van der Waals surface area (Å²) in [5.41, 5.74) is 21.4. The van der Waals surface area contributed by atoms with Gasteiger partial charge in [-0.3, -0.25) is 112 Å². The van der Waals surface area contributed by atoms with Crippen LogP contribution in [0, 0.1) is 10.8 Å². The van der Waals surface area contributed by atoms with Crippen molar-refractivity contribution in [1.29, 1.82) is 10.8 Å². The number of para-hydroxylation sites is 2. The topological polar surface area (TPSA) is 706 Å². The Kier molecular flexibility index (Phi) is 40.2. The number of aliphatic carboxylic acids is 3. The van der Waals surface area contributed by atoms with Gasteiger partial charge in [-0.2, -0.15) is 0 Å². The third-order valence-corrected chi connectivity index (χ3v) is 24.6. The van der Waals surface area contributed by atoms with Crippen molar-refractivity contribution >= 4 is 128 Å². The third-order valence-electron chi connectivity index (χ3n) is 24.6. The fourth-order valence-corrected chi connectivity index (χ4v) is 17.1. The number of guanidine groups is 2. The van der Waals surface area contributed by atoms with Gasteiger partial charge in [0.05, 0.1) is 39.1 Å². The van der Waals surface area contributed by atoms with Crippen LogP contribution in [0.5, 0.6) is 0 Å². The number of nitrogens with two attached hydrogens (primary N) is 4. The molecular formula is C98H122N26O20. The Hall–Kier alpha value is -16.2. The van der Waals surface area contributed by atoms with E-state index in [2.05, 4.69) is 73.1 Å². The van der Waals surface area contributed by atoms with Crippen molar-refractivity contribution in [3.05, 3.63) is 233 Å². The summed E-state index contributed by atoms with van der Waals surface area (Å²) in [5, 5.41) is 85.6. The number of hydrazine groups is 1. The standard InChI is InChI=1S/C98H122N26O20/c99-81(126)52-124(104)96(144)80-24-13-35-123(80)95(143)78(45-60-27-31-64(32-28-60)87(135)62-16-5-2-6-17-62)117-91(139)75(46-65-49-108-70-20-9-7-18-68(65)70)114-89(137)73(23-12-34-107-98(102)103)113-93(141)77(48-67-51-105-58-110-67)116-94(142)79(57-125)118-92(140)76(47-66-50-109-71-21-10-8-19-69(66)71)115-88(136)72(22-11-33-106-97(100)101)112-90(138)74(44-59-25-29-63(30-26-59)86(134)61-14-3-1-4-15-61)111-82(127)53-119-36-38-120(54-83(128)129)40-42-122(56-85(132)133)43-41-121(39-37-119)55-84(130)131/h1-10,14-21,25-32,49-51,58,72-80,108-109,125H,11-13,22-24,33-48,52-57,104H2,(H2,99,126)(H,105,110)(H,111,127)(H,112,138)(H,113,141)(H,114,137)(H,115,136)(H,116,142)(H,117,139)(H,118,140)(H,128,129)(H,130,131)(H,132,133)(H4,100,101,106)(H4,102,103,107)/t72-,73+,74+,75-,76-,77-,78-,79-,80-/m0/s1. The van der Waals surface area contributed by atoms with Crippen LogP contribution in [0.4, 0.5) is 0 Å². The van der Waals surface area contributed by atoms with Gasteiger partial charge < -0.3 is 111 Å². The number of primary amides is 1. The third kappa shape index (κ3) is 32.7. The van der Waals surface area contributed by atoms with Gasteiger partial charge in [-0.05, 0) is 72.9 Å². The Morgan fingerprint density at radius 3 is 1.18 bits per heavy atom. The van der Waals surface area contributed by atoms with Crippen LogP contribution in [0.15, 0.2) is 183 Å². The molecule has 2 aliphatic heterocycles. The Labute approximate surface area is 827 Å². The van der Waals surface area contributed by atoms with E-state index in [0.717, 1.165) is 0 Å². The molecular weight excluding hydrogens is 1860 g/mol. The average Bonchev–Trinajstić information content (AvgIpc) is 1.61. The molecule has 11 amide bonds. The van der Waals surface area contributed by atoms with Gasteiger partial charge in [0, 0.05) is 172 Å². The molecule has 2 fully saturated rings. The molecule has 46 heteroatoms. The maximum atomic E-state index is 15.6. The van der Waals surface area contributed by atoms with E-state index in [4.69, 9.17) is 33.9 Å². The molecule has 764 valence electrons. The van der Waals surface area contributed by atoms with E-state index >= 15 is 38.4 Å². The summed E-state index contributed by atoms with van der Waals surface area (Å²) in [7, 11) is 0. The van der Waals surface area contributed by atoms with Crippen molar-refractivity contribution < 1.29 is 97.1 Å². The molecule has 5 heterocycles. The number of hydrogen-bond donors (Lipinski definition) is 23. The lowest BCUT2D eigenvalue weighted by molar-refractivity contribution is -0.146. The van der Waals surface area contributed by atoms with E-state index in [9.17, 15) is 58.8 Å². The summed E-state index contributed by atoms with van der Waals surface area (Å²) in [4.78, 5) is 248. The number of aromatic nitrogens is 4. The SMILES string of the molecule is N=C(N)NCCC[C@H](NC(=O)[C@@H](Cc1ccc(C(=O)c2ccccc2)cc1)NC(=O)CN1CCN(CC(=O)O)CCN(CC(=O)O)CCN(CC(=O)O)CC1)C(=O)N[C@@H](Cc1c[nH]c2ccccc12)C(=O)N[C@@H](CO)C(=O)N[C@@H](Cc1cnc[nH]1)C(=O)N[C@H](CCCNC(=N)N)C(=O)N[C@@H](Cc1c[nH]c2ccccc12)C(=O)N[C@@H](Cc1ccc(C(=O)c2ccccc2)cc1)C(=O)N1CCC[C@H]1C(=O)N(N)CC(N)=O. The molecule has 0 unspecified atom stereocenters. The highest BCUT2D eigenvalue weighted by Crippen LogP contribution is 2.26. The predicted octanol–water partition coefficient (Wildman–Crippen LogP) is -2.60. The number of imidazole rings is 1. The van der Waals surface area contributed by atoms with Gasteiger partial charge in [-0.25, -0.2) is 10.8 Å². The molecule has 9 atom stereocenters. The summed E-state index contributed by atoms with van der Waals surface area (Å²) in [6, 6.07) is 28.7. The molecule has 0 radical (unpaired) electrons. The number of aliphatic hydroxyl groups excluding tert-OH is 1. The fourth-order valence-electron chi connectivity index (χ4n) is 17.1. The summed E-state index contributed by atoms with van der Waals surface area (Å²) >= 11 is 0. The van der Waals surface area contributed by atoms with Crippen molar-refractivity contribution in [3.8, 4) is 0 Å². The number of benzene rings is 6. The number of fused-ring (bicyclic) bond motifs is 2. The molecule has 144 heavy (non-hydrogen) atoms. The number of H-pyrrole nitrogens is 3. The van der Waals surface area contributed by atoms with Crippen molar-refractivity contribution in [2.45, 2.75) is 125 Å². The minimum absolute atomic E-state index is 0.000233. The summed E-state index contributed by atoms with van der Waals surface area (Å²) in [6.07, 6.45) is 4.03. The Bertz CT molecular complexity index is 5980. The van der Waals surface area contributed by atoms with E-state index in [1.54, 1.807) is 178 Å². The zero-order valence-electron chi connectivity index (χ0n) is 79.1. The van der Waals surface area contributed by atoms with Gasteiger partial charge in [0.1, 0.15) is 60.9 Å². The zero-order chi connectivity index (χ0) is 103. The van der Waals surface area contributed by atoms with Crippen molar-refractivity contribution in [2.24, 2.45) is 23.0 Å². The number of ketones is 2. The number of carboxylic acids is 3. The van der Waals surface area contributed by atoms with E-state index in [0.29, 0.717) is 72.2 Å². The van der Waals surface area contributed by atoms with Crippen LogP contribution in [0.1, 0.15) is 98.3 Å². The first-order chi connectivity index (χ1) is 69.1. The number of amides is 11. The summed E-state index contributed by atoms with van der Waals surface area (Å²) in [6.45, 7) is -3.38. The van der Waals surface area contributed by atoms with E-state index in [-0.39, 0.29) is 153 Å². The number of carboxylic acid groups (broad SMARTS) is 3. The second-order valence-electron chi connectivity index (χ2n) is 35.2. The lowest BCUT2D eigenvalue weighted by atomic mass is 9.98. The smallest absolute Gasteiger partial charge is 0.317 e. The normalized spacial score (nSPS) is 15.6. The van der Waals surface area contributed by atoms with E-state index < -0.39 is 195 Å². The number of rotatable bonds is 50. The van der Waals surface area contributed by atoms with Gasteiger partial charge in [-0.15, -0.1) is 0 Å². The summed E-state index contributed by atoms with van der Waals surface area (Å²) < 4.78 is 0. The van der Waals surface area contributed by atoms with Crippen molar-refractivity contribution in [1.82, 2.24) is 103 Å². The lowest BCUT2D eigenvalue weighted by Gasteiger charge is -2.33. The molecule has 2 saturated heterocycles. The molecule has 6 aromatic carbocycles. The molecule has 3 aromatic heterocycles. The molecule has 0 saturated carbocycles. The Morgan fingerprint density at radius 2 is 0.778 bits per heavy atom. The Morgan fingerprint density at radius 1 is 0.417 bits per heavy atom. The van der Waals surface area contributed by atoms with Crippen LogP contribution in [0.25, 0.3) is 21.8 Å². The molecule has 11 rings (SSSR count). The number of aliphatic hydroxyl groups is 1. The highest BCUT2D eigenvalue weighted by Gasteiger charge is 2.42. The first-order valence-electron chi connectivity index (χ1n) is 47.0. The second-order valence-corrected chi connectivity index (χ2v) is 35.2. The largest absolute Gasteiger partial charge is 0.480 e. The number of nitrogens with one attached hydrogen (secondary N) is 15. The van der Waals surface area contributed by atoms with Gasteiger partial charge >= 0.3 is 17.9 Å². The monoisotopic (exact) mass is 1980 g/mol. The Balaban J connectivity index is 0.864. The number of carbonyl (C=O) groups is 16. The maximum absolute atomic E-state index is 15.6. The van der Waals surface area contributed by atoms with Crippen LogP contribution >= 0.6 is 0 Å². The molecule has 0 aliphatic carbocycles. The quantitative estimate of drug-likeness (QED) is 0.00353. The predicted molar refractivity (Wildman–Crippen MR) is 526 cm³/mol.